The first-order valence-electron chi connectivity index (χ1n) is 12.7. The van der Waals surface area contributed by atoms with Gasteiger partial charge in [0.1, 0.15) is 0 Å². The number of pyridine rings is 1. The molecule has 2 aliphatic heterocycles. The van der Waals surface area contributed by atoms with Gasteiger partial charge in [-0.05, 0) is 69.3 Å². The topological polar surface area (TPSA) is 140 Å². The molecule has 1 aromatic heterocycles. The molecule has 3 heterocycles. The van der Waals surface area contributed by atoms with Crippen molar-refractivity contribution >= 4 is 17.9 Å². The highest BCUT2D eigenvalue weighted by atomic mass is 19.4. The number of hydrogen-bond acceptors (Lipinski definition) is 7. The summed E-state index contributed by atoms with van der Waals surface area (Å²) in [4.78, 5) is 36.1. The Balaban J connectivity index is 0.000000721. The summed E-state index contributed by atoms with van der Waals surface area (Å²) in [6.45, 7) is 10.3. The number of aliphatic carboxylic acids is 3. The van der Waals surface area contributed by atoms with Crippen molar-refractivity contribution in [3.05, 3.63) is 30.1 Å². The monoisotopic (exact) mass is 659 g/mol. The number of rotatable bonds is 5. The lowest BCUT2D eigenvalue weighted by Gasteiger charge is -2.39. The van der Waals surface area contributed by atoms with Crippen molar-refractivity contribution in [3.63, 3.8) is 0 Å². The van der Waals surface area contributed by atoms with Gasteiger partial charge in [-0.15, -0.1) is 0 Å². The summed E-state index contributed by atoms with van der Waals surface area (Å²) in [5, 5.41) is 21.4. The van der Waals surface area contributed by atoms with E-state index in [4.69, 9.17) is 34.4 Å². The van der Waals surface area contributed by atoms with E-state index in [1.165, 1.54) is 44.5 Å². The van der Waals surface area contributed by atoms with Crippen molar-refractivity contribution in [3.8, 4) is 0 Å². The fourth-order valence-corrected chi connectivity index (χ4v) is 4.44. The van der Waals surface area contributed by atoms with E-state index in [0.717, 1.165) is 13.2 Å². The number of nitrogens with zero attached hydrogens (tertiary/aromatic N) is 3. The second kappa shape index (κ2) is 17.3. The van der Waals surface area contributed by atoms with Gasteiger partial charge in [0.2, 0.25) is 0 Å². The lowest BCUT2D eigenvalue weighted by molar-refractivity contribution is -0.193. The van der Waals surface area contributed by atoms with Crippen LogP contribution >= 0.6 is 0 Å². The molecule has 44 heavy (non-hydrogen) atoms. The maximum atomic E-state index is 10.6. The van der Waals surface area contributed by atoms with Crippen LogP contribution in [0, 0.1) is 5.41 Å². The van der Waals surface area contributed by atoms with Crippen LogP contribution in [0.1, 0.15) is 38.7 Å². The fourth-order valence-electron chi connectivity index (χ4n) is 4.44. The van der Waals surface area contributed by atoms with Crippen LogP contribution < -0.4 is 0 Å². The van der Waals surface area contributed by atoms with E-state index in [2.05, 4.69) is 40.8 Å². The Morgan fingerprint density at radius 1 is 0.886 bits per heavy atom. The zero-order valence-electron chi connectivity index (χ0n) is 23.8. The molecule has 1 aromatic rings. The van der Waals surface area contributed by atoms with Crippen LogP contribution in [0.3, 0.4) is 0 Å². The maximum Gasteiger partial charge on any atom is 0.490 e. The van der Waals surface area contributed by atoms with E-state index < -0.39 is 36.4 Å². The van der Waals surface area contributed by atoms with E-state index in [0.29, 0.717) is 17.5 Å². The Kier molecular flexibility index (Phi) is 16.1. The third-order valence-corrected chi connectivity index (χ3v) is 6.48. The first-order valence-corrected chi connectivity index (χ1v) is 12.7. The highest BCUT2D eigenvalue weighted by Crippen LogP contribution is 2.44. The molecular weight excluding hydrogens is 625 g/mol. The molecule has 10 nitrogen and oxygen atoms in total. The maximum absolute atomic E-state index is 10.6. The molecule has 0 aliphatic carbocycles. The number of methoxy groups -OCH3 is 1. The van der Waals surface area contributed by atoms with E-state index in [9.17, 15) is 39.5 Å². The van der Waals surface area contributed by atoms with Crippen molar-refractivity contribution in [2.75, 3.05) is 33.4 Å². The summed E-state index contributed by atoms with van der Waals surface area (Å²) < 4.78 is 101. The molecule has 1 atom stereocenters. The Hall–Kier alpha value is -3.19. The first-order chi connectivity index (χ1) is 19.9. The molecule has 3 rings (SSSR count). The summed E-state index contributed by atoms with van der Waals surface area (Å²) >= 11 is 0. The predicted molar refractivity (Wildman–Crippen MR) is 134 cm³/mol. The van der Waals surface area contributed by atoms with Crippen molar-refractivity contribution in [1.29, 1.82) is 0 Å². The number of piperidine rings is 1. The van der Waals surface area contributed by atoms with Gasteiger partial charge in [-0.25, -0.2) is 14.4 Å². The van der Waals surface area contributed by atoms with Gasteiger partial charge in [0.25, 0.3) is 0 Å². The summed E-state index contributed by atoms with van der Waals surface area (Å²) in [7, 11) is 1.83. The number of carboxylic acids is 3. The minimum absolute atomic E-state index is 0.516. The first kappa shape index (κ1) is 40.8. The fraction of sp³-hybridized carbons (Fsp3) is 0.680. The van der Waals surface area contributed by atoms with Crippen molar-refractivity contribution in [2.45, 2.75) is 70.3 Å². The quantitative estimate of drug-likeness (QED) is 0.382. The van der Waals surface area contributed by atoms with Gasteiger partial charge in [0, 0.05) is 44.7 Å². The molecule has 0 aromatic carbocycles. The number of likely N-dealkylation sites (tertiary alicyclic amines) is 2. The molecule has 2 aliphatic rings. The van der Waals surface area contributed by atoms with Gasteiger partial charge in [-0.3, -0.25) is 14.8 Å². The van der Waals surface area contributed by atoms with E-state index >= 15 is 0 Å². The predicted octanol–water partition coefficient (Wildman–Crippen LogP) is 4.69. The number of aromatic nitrogens is 1. The number of hydrogen-bond donors (Lipinski definition) is 3. The summed E-state index contributed by atoms with van der Waals surface area (Å²) in [6.07, 6.45) is -7.51. The Morgan fingerprint density at radius 3 is 1.59 bits per heavy atom. The number of ether oxygens (including phenoxy) is 1. The standard InChI is InChI=1S/C19H31N3O.3C2HF3O2/c1-16(2)22-15-19(12-18(22)14-23-3)6-10-21(11-7-19)13-17-4-8-20-9-5-17;3*3-2(4,5)1(6)7/h4-5,8-9,16,18H,6-7,10-15H2,1-3H3;3*(H,6,7). The van der Waals surface area contributed by atoms with E-state index in [1.54, 1.807) is 0 Å². The van der Waals surface area contributed by atoms with Crippen LogP contribution in [0.15, 0.2) is 24.5 Å². The molecule has 1 spiro atoms. The van der Waals surface area contributed by atoms with Crippen molar-refractivity contribution in [2.24, 2.45) is 5.41 Å². The van der Waals surface area contributed by atoms with Crippen LogP contribution in [0.25, 0.3) is 0 Å². The average molecular weight is 660 g/mol. The summed E-state index contributed by atoms with van der Waals surface area (Å²) in [5.41, 5.74) is 1.89. The van der Waals surface area contributed by atoms with Crippen LogP contribution in [0.5, 0.6) is 0 Å². The molecule has 0 bridgehead atoms. The highest BCUT2D eigenvalue weighted by Gasteiger charge is 2.46. The molecule has 0 radical (unpaired) electrons. The van der Waals surface area contributed by atoms with Crippen molar-refractivity contribution in [1.82, 2.24) is 14.8 Å². The Labute approximate surface area is 246 Å². The smallest absolute Gasteiger partial charge is 0.475 e. The third-order valence-electron chi connectivity index (χ3n) is 6.48. The molecule has 0 saturated carbocycles. The molecule has 254 valence electrons. The third kappa shape index (κ3) is 15.5. The summed E-state index contributed by atoms with van der Waals surface area (Å²) in [5.74, 6) is -8.27. The van der Waals surface area contributed by atoms with Gasteiger partial charge in [0.05, 0.1) is 6.61 Å². The van der Waals surface area contributed by atoms with E-state index in [-0.39, 0.29) is 0 Å². The van der Waals surface area contributed by atoms with Crippen LogP contribution in [-0.4, -0.2) is 112 Å². The lowest BCUT2D eigenvalue weighted by atomic mass is 9.76. The Bertz CT molecular complexity index is 972. The van der Waals surface area contributed by atoms with Gasteiger partial charge >= 0.3 is 36.4 Å². The molecular formula is C25H34F9N3O7. The van der Waals surface area contributed by atoms with Gasteiger partial charge in [0.15, 0.2) is 0 Å². The number of halogens is 9. The number of carboxylic acid groups (broad SMARTS) is 3. The normalized spacial score (nSPS) is 18.7. The SMILES string of the molecule is COCC1CC2(CCN(Cc3ccncc3)CC2)CN1C(C)C.O=C(O)C(F)(F)F.O=C(O)C(F)(F)F.O=C(O)C(F)(F)F. The minimum atomic E-state index is -5.08. The van der Waals surface area contributed by atoms with Crippen LogP contribution in [-0.2, 0) is 25.7 Å². The Morgan fingerprint density at radius 2 is 1.27 bits per heavy atom. The molecule has 0 amide bonds. The molecule has 1 unspecified atom stereocenters. The van der Waals surface area contributed by atoms with Crippen molar-refractivity contribution < 1.29 is 74.0 Å². The zero-order chi connectivity index (χ0) is 34.5. The van der Waals surface area contributed by atoms with Crippen LogP contribution in [0.2, 0.25) is 0 Å². The zero-order valence-corrected chi connectivity index (χ0v) is 23.8. The molecule has 19 heteroatoms. The molecule has 2 fully saturated rings. The highest BCUT2D eigenvalue weighted by molar-refractivity contribution is 5.73. The van der Waals surface area contributed by atoms with Crippen LogP contribution in [0.4, 0.5) is 39.5 Å². The minimum Gasteiger partial charge on any atom is -0.475 e. The van der Waals surface area contributed by atoms with Gasteiger partial charge in [-0.2, -0.15) is 39.5 Å². The average Bonchev–Trinajstić information content (AvgIpc) is 3.24. The molecule has 2 saturated heterocycles. The second-order valence-electron chi connectivity index (χ2n) is 10.1. The molecule has 3 N–H and O–H groups in total. The van der Waals surface area contributed by atoms with E-state index in [1.807, 2.05) is 19.5 Å². The van der Waals surface area contributed by atoms with Gasteiger partial charge < -0.3 is 20.1 Å². The number of alkyl halides is 9. The second-order valence-corrected chi connectivity index (χ2v) is 10.1. The van der Waals surface area contributed by atoms with Gasteiger partial charge in [-0.1, -0.05) is 0 Å². The largest absolute Gasteiger partial charge is 0.490 e. The lowest BCUT2D eigenvalue weighted by Crippen LogP contribution is -2.42. The summed E-state index contributed by atoms with van der Waals surface area (Å²) in [6, 6.07) is 5.49. The number of carbonyl (C=O) groups is 3.